The molecule has 0 saturated carbocycles. The van der Waals surface area contributed by atoms with Crippen molar-refractivity contribution in [2.45, 2.75) is 13.0 Å². The Labute approximate surface area is 109 Å². The molecule has 94 valence electrons. The topological polar surface area (TPSA) is 68.0 Å². The van der Waals surface area contributed by atoms with Gasteiger partial charge in [0, 0.05) is 49.2 Å². The number of rotatable bonds is 1. The van der Waals surface area contributed by atoms with Gasteiger partial charge in [0.1, 0.15) is 0 Å². The summed E-state index contributed by atoms with van der Waals surface area (Å²) in [5.74, 6) is 1.33. The molecule has 3 aromatic heterocycles. The molecule has 6 nitrogen and oxygen atoms in total. The zero-order valence-electron chi connectivity index (χ0n) is 10.2. The van der Waals surface area contributed by atoms with Crippen molar-refractivity contribution in [2.24, 2.45) is 0 Å². The molecule has 0 fully saturated rings. The van der Waals surface area contributed by atoms with Crippen LogP contribution in [0, 0.1) is 0 Å². The van der Waals surface area contributed by atoms with E-state index in [-0.39, 0.29) is 0 Å². The zero-order valence-corrected chi connectivity index (χ0v) is 10.2. The van der Waals surface area contributed by atoms with E-state index in [4.69, 9.17) is 0 Å². The summed E-state index contributed by atoms with van der Waals surface area (Å²) in [6, 6.07) is 3.84. The van der Waals surface area contributed by atoms with Crippen LogP contribution in [0.3, 0.4) is 0 Å². The monoisotopic (exact) mass is 252 g/mol. The second-order valence-electron chi connectivity index (χ2n) is 4.55. The van der Waals surface area contributed by atoms with Crippen molar-refractivity contribution in [1.82, 2.24) is 29.9 Å². The lowest BCUT2D eigenvalue weighted by Crippen LogP contribution is -2.26. The predicted octanol–water partition coefficient (Wildman–Crippen LogP) is 0.832. The van der Waals surface area contributed by atoms with Crippen LogP contribution in [-0.4, -0.2) is 31.1 Å². The summed E-state index contributed by atoms with van der Waals surface area (Å²) in [6.45, 7) is 1.81. The Hall–Kier alpha value is -2.34. The van der Waals surface area contributed by atoms with Gasteiger partial charge in [0.05, 0.1) is 5.69 Å². The maximum atomic E-state index is 4.57. The molecule has 1 N–H and O–H groups in total. The maximum absolute atomic E-state index is 4.57. The highest BCUT2D eigenvalue weighted by molar-refractivity contribution is 5.55. The van der Waals surface area contributed by atoms with E-state index in [0.717, 1.165) is 25.1 Å². The molecular weight excluding hydrogens is 240 g/mol. The van der Waals surface area contributed by atoms with Crippen LogP contribution in [0.25, 0.3) is 17.2 Å². The average Bonchev–Trinajstić information content (AvgIpc) is 2.93. The maximum Gasteiger partial charge on any atom is 0.252 e. The Kier molecular flexibility index (Phi) is 2.28. The van der Waals surface area contributed by atoms with Crippen molar-refractivity contribution in [1.29, 1.82) is 0 Å². The molecule has 1 aliphatic rings. The fourth-order valence-corrected chi connectivity index (χ4v) is 2.38. The molecule has 0 amide bonds. The first kappa shape index (κ1) is 10.6. The van der Waals surface area contributed by atoms with Crippen molar-refractivity contribution in [3.8, 4) is 11.4 Å². The van der Waals surface area contributed by atoms with Gasteiger partial charge in [-0.2, -0.15) is 4.98 Å². The van der Waals surface area contributed by atoms with Crippen LogP contribution >= 0.6 is 0 Å². The van der Waals surface area contributed by atoms with E-state index in [0.29, 0.717) is 11.6 Å². The van der Waals surface area contributed by atoms with Crippen LogP contribution in [0.15, 0.2) is 30.7 Å². The molecule has 0 atom stereocenters. The number of nitrogens with one attached hydrogen (secondary N) is 1. The minimum atomic E-state index is 0.652. The second kappa shape index (κ2) is 4.10. The Morgan fingerprint density at radius 2 is 2.26 bits per heavy atom. The van der Waals surface area contributed by atoms with Gasteiger partial charge in [-0.25, -0.2) is 9.50 Å². The first-order valence-electron chi connectivity index (χ1n) is 6.26. The molecule has 0 aliphatic carbocycles. The minimum Gasteiger partial charge on any atom is -0.312 e. The van der Waals surface area contributed by atoms with E-state index < -0.39 is 0 Å². The van der Waals surface area contributed by atoms with Crippen molar-refractivity contribution in [3.63, 3.8) is 0 Å². The summed E-state index contributed by atoms with van der Waals surface area (Å²) < 4.78 is 1.86. The molecular formula is C13H12N6. The largest absolute Gasteiger partial charge is 0.312 e. The SMILES string of the molecule is c1cncc(-c2nc3ncc4c(n3n2)CCNC4)c1. The highest BCUT2D eigenvalue weighted by atomic mass is 15.3. The van der Waals surface area contributed by atoms with Crippen LogP contribution in [-0.2, 0) is 13.0 Å². The van der Waals surface area contributed by atoms with Crippen molar-refractivity contribution in [3.05, 3.63) is 42.0 Å². The summed E-state index contributed by atoms with van der Waals surface area (Å²) in [5.41, 5.74) is 3.31. The molecule has 19 heavy (non-hydrogen) atoms. The van der Waals surface area contributed by atoms with Gasteiger partial charge >= 0.3 is 0 Å². The second-order valence-corrected chi connectivity index (χ2v) is 4.55. The molecule has 0 bridgehead atoms. The average molecular weight is 252 g/mol. The first-order valence-corrected chi connectivity index (χ1v) is 6.26. The third-order valence-corrected chi connectivity index (χ3v) is 3.33. The lowest BCUT2D eigenvalue weighted by Gasteiger charge is -2.16. The van der Waals surface area contributed by atoms with E-state index in [1.54, 1.807) is 12.4 Å². The summed E-state index contributed by atoms with van der Waals surface area (Å²) in [4.78, 5) is 12.9. The molecule has 4 rings (SSSR count). The fourth-order valence-electron chi connectivity index (χ4n) is 2.38. The molecule has 4 heterocycles. The van der Waals surface area contributed by atoms with E-state index in [9.17, 15) is 0 Å². The van der Waals surface area contributed by atoms with Gasteiger partial charge in [-0.1, -0.05) is 0 Å². The number of nitrogens with zero attached hydrogens (tertiary/aromatic N) is 5. The Bertz CT molecular complexity index is 733. The molecule has 0 unspecified atom stereocenters. The van der Waals surface area contributed by atoms with Gasteiger partial charge in [0.2, 0.25) is 0 Å². The number of hydrogen-bond donors (Lipinski definition) is 1. The summed E-state index contributed by atoms with van der Waals surface area (Å²) in [5, 5.41) is 7.90. The molecule has 6 heteroatoms. The number of hydrogen-bond acceptors (Lipinski definition) is 5. The van der Waals surface area contributed by atoms with Crippen LogP contribution in [0.5, 0.6) is 0 Å². The van der Waals surface area contributed by atoms with Gasteiger partial charge in [0.25, 0.3) is 5.78 Å². The van der Waals surface area contributed by atoms with Crippen LogP contribution in [0.2, 0.25) is 0 Å². The summed E-state index contributed by atoms with van der Waals surface area (Å²) >= 11 is 0. The molecule has 3 aromatic rings. The summed E-state index contributed by atoms with van der Waals surface area (Å²) in [7, 11) is 0. The molecule has 1 aliphatic heterocycles. The Morgan fingerprint density at radius 3 is 3.16 bits per heavy atom. The highest BCUT2D eigenvalue weighted by Crippen LogP contribution is 2.18. The lowest BCUT2D eigenvalue weighted by atomic mass is 10.1. The van der Waals surface area contributed by atoms with Crippen LogP contribution < -0.4 is 5.32 Å². The van der Waals surface area contributed by atoms with Gasteiger partial charge in [-0.3, -0.25) is 4.98 Å². The van der Waals surface area contributed by atoms with E-state index in [1.165, 1.54) is 11.3 Å². The van der Waals surface area contributed by atoms with Crippen LogP contribution in [0.4, 0.5) is 0 Å². The molecule has 0 saturated heterocycles. The van der Waals surface area contributed by atoms with Gasteiger partial charge in [-0.15, -0.1) is 5.10 Å². The lowest BCUT2D eigenvalue weighted by molar-refractivity contribution is 0.610. The fraction of sp³-hybridized carbons (Fsp3) is 0.231. The van der Waals surface area contributed by atoms with Gasteiger partial charge < -0.3 is 5.32 Å². The van der Waals surface area contributed by atoms with E-state index >= 15 is 0 Å². The Morgan fingerprint density at radius 1 is 1.26 bits per heavy atom. The van der Waals surface area contributed by atoms with Gasteiger partial charge in [-0.05, 0) is 12.1 Å². The molecule has 0 spiro atoms. The normalized spacial score (nSPS) is 14.5. The third-order valence-electron chi connectivity index (χ3n) is 3.33. The standard InChI is InChI=1S/C13H12N6/c1-2-9(6-14-4-1)12-17-13-16-8-10-7-15-5-3-11(10)19(13)18-12/h1-2,4,6,8,15H,3,5,7H2. The number of aromatic nitrogens is 5. The number of fused-ring (bicyclic) bond motifs is 3. The molecule has 0 aromatic carbocycles. The molecule has 0 radical (unpaired) electrons. The van der Waals surface area contributed by atoms with Gasteiger partial charge in [0.15, 0.2) is 5.82 Å². The summed E-state index contributed by atoms with van der Waals surface area (Å²) in [6.07, 6.45) is 6.34. The van der Waals surface area contributed by atoms with E-state index in [2.05, 4.69) is 25.4 Å². The van der Waals surface area contributed by atoms with E-state index in [1.807, 2.05) is 22.8 Å². The number of pyridine rings is 1. The third kappa shape index (κ3) is 1.68. The van der Waals surface area contributed by atoms with Crippen molar-refractivity contribution < 1.29 is 0 Å². The Balaban J connectivity index is 1.92. The quantitative estimate of drug-likeness (QED) is 0.695. The zero-order chi connectivity index (χ0) is 12.7. The first-order chi connectivity index (χ1) is 9.42. The van der Waals surface area contributed by atoms with Crippen molar-refractivity contribution >= 4 is 5.78 Å². The highest BCUT2D eigenvalue weighted by Gasteiger charge is 2.16. The minimum absolute atomic E-state index is 0.652. The smallest absolute Gasteiger partial charge is 0.252 e. The van der Waals surface area contributed by atoms with Crippen molar-refractivity contribution in [2.75, 3.05) is 6.54 Å². The van der Waals surface area contributed by atoms with Crippen LogP contribution in [0.1, 0.15) is 11.3 Å². The predicted molar refractivity (Wildman–Crippen MR) is 69.4 cm³/mol.